The molecule has 1 unspecified atom stereocenters. The van der Waals surface area contributed by atoms with E-state index in [1.54, 1.807) is 0 Å². The highest BCUT2D eigenvalue weighted by atomic mass is 16.3. The number of nitrogens with one attached hydrogen (secondary N) is 2. The smallest absolute Gasteiger partial charge is 0.148 e. The minimum Gasteiger partial charge on any atom is -0.396 e. The summed E-state index contributed by atoms with van der Waals surface area (Å²) >= 11 is 0. The summed E-state index contributed by atoms with van der Waals surface area (Å²) in [5.41, 5.74) is 3.55. The molecule has 0 spiro atoms. The quantitative estimate of drug-likeness (QED) is 0.455. The van der Waals surface area contributed by atoms with E-state index in [9.17, 15) is 5.11 Å². The number of nitrogens with zero attached hydrogens (tertiary/aromatic N) is 2. The monoisotopic (exact) mass is 295 g/mol. The van der Waals surface area contributed by atoms with Gasteiger partial charge in [-0.1, -0.05) is 27.7 Å². The van der Waals surface area contributed by atoms with Crippen LogP contribution in [0.3, 0.4) is 0 Å². The third-order valence-corrected chi connectivity index (χ3v) is 3.58. The van der Waals surface area contributed by atoms with E-state index in [2.05, 4.69) is 48.4 Å². The molecule has 1 rings (SSSR count). The predicted molar refractivity (Wildman–Crippen MR) is 87.1 cm³/mol. The second-order valence-corrected chi connectivity index (χ2v) is 6.43. The highest BCUT2D eigenvalue weighted by Gasteiger charge is 2.25. The Kier molecular flexibility index (Phi) is 6.36. The van der Waals surface area contributed by atoms with Gasteiger partial charge in [0.15, 0.2) is 0 Å². The molecule has 1 aromatic heterocycles. The molecule has 0 aliphatic heterocycles. The van der Waals surface area contributed by atoms with Crippen molar-refractivity contribution < 1.29 is 5.11 Å². The van der Waals surface area contributed by atoms with Crippen molar-refractivity contribution in [2.24, 2.45) is 11.3 Å². The molecule has 1 aromatic rings. The maximum absolute atomic E-state index is 9.28. The van der Waals surface area contributed by atoms with Crippen molar-refractivity contribution in [3.05, 3.63) is 11.4 Å². The highest BCUT2D eigenvalue weighted by molar-refractivity contribution is 5.57. The lowest BCUT2D eigenvalue weighted by atomic mass is 9.85. The van der Waals surface area contributed by atoms with Crippen molar-refractivity contribution in [2.45, 2.75) is 59.9 Å². The van der Waals surface area contributed by atoms with E-state index < -0.39 is 0 Å². The Morgan fingerprint density at radius 2 is 1.86 bits per heavy atom. The van der Waals surface area contributed by atoms with Gasteiger partial charge in [-0.25, -0.2) is 15.8 Å². The fourth-order valence-electron chi connectivity index (χ4n) is 2.20. The predicted octanol–water partition coefficient (Wildman–Crippen LogP) is 2.23. The zero-order valence-electron chi connectivity index (χ0n) is 13.8. The molecule has 0 saturated heterocycles. The summed E-state index contributed by atoms with van der Waals surface area (Å²) < 4.78 is 0. The zero-order valence-corrected chi connectivity index (χ0v) is 13.8. The summed E-state index contributed by atoms with van der Waals surface area (Å²) in [6, 6.07) is 0.121. The van der Waals surface area contributed by atoms with E-state index in [4.69, 9.17) is 5.84 Å². The molecule has 21 heavy (non-hydrogen) atoms. The molecule has 120 valence electrons. The number of rotatable bonds is 7. The fourth-order valence-corrected chi connectivity index (χ4v) is 2.20. The van der Waals surface area contributed by atoms with Gasteiger partial charge in [-0.2, -0.15) is 0 Å². The number of nitrogens with two attached hydrogens (primary N) is 1. The standard InChI is InChI=1S/C15H29N5O/c1-6-7-12-18-13(10(2)14(19-12)20-16)17-11(8-9-21)15(3,4)5/h11,21H,6-9,16H2,1-5H3,(H2,17,18,19,20). The molecule has 0 radical (unpaired) electrons. The molecule has 0 bridgehead atoms. The molecular weight excluding hydrogens is 266 g/mol. The van der Waals surface area contributed by atoms with Crippen molar-refractivity contribution in [1.29, 1.82) is 0 Å². The van der Waals surface area contributed by atoms with Crippen LogP contribution >= 0.6 is 0 Å². The number of anilines is 2. The Bertz CT molecular complexity index is 456. The average molecular weight is 295 g/mol. The van der Waals surface area contributed by atoms with Crippen molar-refractivity contribution in [1.82, 2.24) is 9.97 Å². The van der Waals surface area contributed by atoms with Crippen molar-refractivity contribution in [2.75, 3.05) is 17.3 Å². The molecule has 0 aromatic carbocycles. The largest absolute Gasteiger partial charge is 0.396 e. The van der Waals surface area contributed by atoms with Crippen LogP contribution < -0.4 is 16.6 Å². The van der Waals surface area contributed by atoms with Crippen LogP contribution in [0.4, 0.5) is 11.6 Å². The normalized spacial score (nSPS) is 13.1. The van der Waals surface area contributed by atoms with Crippen LogP contribution in [0.1, 0.15) is 51.9 Å². The van der Waals surface area contributed by atoms with E-state index in [1.807, 2.05) is 6.92 Å². The molecule has 5 N–H and O–H groups in total. The first-order chi connectivity index (χ1) is 9.83. The number of hydrazine groups is 1. The number of hydrogen-bond acceptors (Lipinski definition) is 6. The number of aryl methyl sites for hydroxylation is 1. The molecule has 0 amide bonds. The van der Waals surface area contributed by atoms with Gasteiger partial charge >= 0.3 is 0 Å². The topological polar surface area (TPSA) is 96.1 Å². The van der Waals surface area contributed by atoms with Gasteiger partial charge in [0.25, 0.3) is 0 Å². The van der Waals surface area contributed by atoms with Gasteiger partial charge in [0.05, 0.1) is 0 Å². The summed E-state index contributed by atoms with van der Waals surface area (Å²) in [6.45, 7) is 10.6. The van der Waals surface area contributed by atoms with Crippen LogP contribution in [-0.2, 0) is 6.42 Å². The second kappa shape index (κ2) is 7.56. The fraction of sp³-hybridized carbons (Fsp3) is 0.733. The van der Waals surface area contributed by atoms with Gasteiger partial charge in [0.2, 0.25) is 0 Å². The van der Waals surface area contributed by atoms with Gasteiger partial charge in [0, 0.05) is 24.6 Å². The van der Waals surface area contributed by atoms with Crippen LogP contribution in [0.25, 0.3) is 0 Å². The lowest BCUT2D eigenvalue weighted by molar-refractivity contribution is 0.235. The van der Waals surface area contributed by atoms with E-state index >= 15 is 0 Å². The molecule has 0 saturated carbocycles. The van der Waals surface area contributed by atoms with E-state index in [-0.39, 0.29) is 18.1 Å². The van der Waals surface area contributed by atoms with Crippen molar-refractivity contribution in [3.8, 4) is 0 Å². The first-order valence-corrected chi connectivity index (χ1v) is 7.55. The molecule has 1 heterocycles. The molecule has 6 heteroatoms. The van der Waals surface area contributed by atoms with Crippen molar-refractivity contribution >= 4 is 11.6 Å². The number of nitrogen functional groups attached to an aromatic ring is 1. The Labute approximate surface area is 127 Å². The SMILES string of the molecule is CCCc1nc(NN)c(C)c(NC(CCO)C(C)(C)C)n1. The maximum atomic E-state index is 9.28. The highest BCUT2D eigenvalue weighted by Crippen LogP contribution is 2.28. The number of aliphatic hydroxyl groups excluding tert-OH is 1. The summed E-state index contributed by atoms with van der Waals surface area (Å²) in [5, 5.41) is 12.7. The van der Waals surface area contributed by atoms with Crippen LogP contribution in [-0.4, -0.2) is 27.7 Å². The number of aliphatic hydroxyl groups is 1. The lowest BCUT2D eigenvalue weighted by Crippen LogP contribution is -2.35. The molecule has 0 aliphatic carbocycles. The molecule has 1 atom stereocenters. The molecule has 6 nitrogen and oxygen atoms in total. The molecular formula is C15H29N5O. The molecule has 0 fully saturated rings. The first-order valence-electron chi connectivity index (χ1n) is 7.55. The maximum Gasteiger partial charge on any atom is 0.148 e. The minimum atomic E-state index is 0.0152. The Hall–Kier alpha value is -1.40. The van der Waals surface area contributed by atoms with Crippen LogP contribution in [0.15, 0.2) is 0 Å². The Balaban J connectivity index is 3.12. The number of aromatic nitrogens is 2. The first kappa shape index (κ1) is 17.7. The third-order valence-electron chi connectivity index (χ3n) is 3.58. The summed E-state index contributed by atoms with van der Waals surface area (Å²) in [4.78, 5) is 9.03. The van der Waals surface area contributed by atoms with Crippen LogP contribution in [0.5, 0.6) is 0 Å². The van der Waals surface area contributed by atoms with Gasteiger partial charge in [-0.3, -0.25) is 0 Å². The van der Waals surface area contributed by atoms with Gasteiger partial charge in [-0.05, 0) is 25.2 Å². The second-order valence-electron chi connectivity index (χ2n) is 6.43. The van der Waals surface area contributed by atoms with Crippen molar-refractivity contribution in [3.63, 3.8) is 0 Å². The summed E-state index contributed by atoms with van der Waals surface area (Å²) in [7, 11) is 0. The Morgan fingerprint density at radius 1 is 1.24 bits per heavy atom. The van der Waals surface area contributed by atoms with Crippen LogP contribution in [0.2, 0.25) is 0 Å². The third kappa shape index (κ3) is 4.82. The molecule has 0 aliphatic rings. The van der Waals surface area contributed by atoms with E-state index in [1.165, 1.54) is 0 Å². The number of hydrogen-bond donors (Lipinski definition) is 4. The van der Waals surface area contributed by atoms with E-state index in [0.29, 0.717) is 12.2 Å². The van der Waals surface area contributed by atoms with Gasteiger partial charge < -0.3 is 15.8 Å². The van der Waals surface area contributed by atoms with Gasteiger partial charge in [0.1, 0.15) is 17.5 Å². The Morgan fingerprint density at radius 3 is 2.33 bits per heavy atom. The van der Waals surface area contributed by atoms with Gasteiger partial charge in [-0.15, -0.1) is 0 Å². The average Bonchev–Trinajstić information content (AvgIpc) is 2.40. The minimum absolute atomic E-state index is 0.0152. The zero-order chi connectivity index (χ0) is 16.0. The van der Waals surface area contributed by atoms with E-state index in [0.717, 1.165) is 30.0 Å². The summed E-state index contributed by atoms with van der Waals surface area (Å²) in [5.74, 6) is 7.76. The lowest BCUT2D eigenvalue weighted by Gasteiger charge is -2.32. The summed E-state index contributed by atoms with van der Waals surface area (Å²) in [6.07, 6.45) is 2.46. The van der Waals surface area contributed by atoms with Crippen LogP contribution in [0, 0.1) is 12.3 Å².